The van der Waals surface area contributed by atoms with Crippen molar-refractivity contribution in [3.8, 4) is 11.5 Å². The highest BCUT2D eigenvalue weighted by Crippen LogP contribution is 2.24. The molecule has 0 aliphatic heterocycles. The summed E-state index contributed by atoms with van der Waals surface area (Å²) >= 11 is 0. The second-order valence-electron chi connectivity index (χ2n) is 5.81. The predicted molar refractivity (Wildman–Crippen MR) is 108 cm³/mol. The van der Waals surface area contributed by atoms with Crippen LogP contribution in [0.5, 0.6) is 11.5 Å². The molecule has 0 heterocycles. The van der Waals surface area contributed by atoms with Gasteiger partial charge in [-0.3, -0.25) is 0 Å². The number of benzene rings is 3. The monoisotopic (exact) mass is 373 g/mol. The fraction of sp³-hybridized carbons (Fsp3) is 0.238. The quantitative estimate of drug-likeness (QED) is 0.562. The summed E-state index contributed by atoms with van der Waals surface area (Å²) < 4.78 is 11.4. The van der Waals surface area contributed by atoms with Crippen molar-refractivity contribution in [3.63, 3.8) is 0 Å². The molecule has 0 radical (unpaired) electrons. The van der Waals surface area contributed by atoms with Crippen molar-refractivity contribution in [1.82, 2.24) is 5.32 Å². The first kappa shape index (κ1) is 20.0. The molecule has 1 unspecified atom stereocenters. The van der Waals surface area contributed by atoms with Gasteiger partial charge >= 0.3 is 0 Å². The van der Waals surface area contributed by atoms with Crippen molar-refractivity contribution in [2.75, 3.05) is 26.3 Å². The maximum atomic E-state index is 9.94. The van der Waals surface area contributed by atoms with Crippen LogP contribution in [0.3, 0.4) is 0 Å². The molecule has 0 fully saturated rings. The summed E-state index contributed by atoms with van der Waals surface area (Å²) in [4.78, 5) is 0. The molecule has 138 valence electrons. The van der Waals surface area contributed by atoms with Crippen LogP contribution in [0.1, 0.15) is 0 Å². The summed E-state index contributed by atoms with van der Waals surface area (Å²) in [5, 5.41) is 15.4. The highest BCUT2D eigenvalue weighted by Gasteiger charge is 2.05. The SMILES string of the molecule is Cl.OC(CNCCOc1cccc2ccccc12)COc1ccccc1. The van der Waals surface area contributed by atoms with Gasteiger partial charge in [0.25, 0.3) is 0 Å². The fourth-order valence-corrected chi connectivity index (χ4v) is 2.59. The summed E-state index contributed by atoms with van der Waals surface area (Å²) in [6.07, 6.45) is -0.558. The average Bonchev–Trinajstić information content (AvgIpc) is 2.67. The van der Waals surface area contributed by atoms with Crippen LogP contribution in [0.25, 0.3) is 10.8 Å². The molecule has 0 bridgehead atoms. The van der Waals surface area contributed by atoms with Gasteiger partial charge in [0, 0.05) is 18.5 Å². The Morgan fingerprint density at radius 1 is 0.846 bits per heavy atom. The number of hydrogen-bond donors (Lipinski definition) is 2. The molecule has 0 spiro atoms. The van der Waals surface area contributed by atoms with Gasteiger partial charge < -0.3 is 19.9 Å². The molecular weight excluding hydrogens is 350 g/mol. The van der Waals surface area contributed by atoms with E-state index < -0.39 is 6.10 Å². The van der Waals surface area contributed by atoms with Gasteiger partial charge in [0.2, 0.25) is 0 Å². The second-order valence-corrected chi connectivity index (χ2v) is 5.81. The summed E-state index contributed by atoms with van der Waals surface area (Å²) in [6, 6.07) is 23.7. The van der Waals surface area contributed by atoms with Gasteiger partial charge in [-0.2, -0.15) is 0 Å². The number of para-hydroxylation sites is 1. The first-order valence-electron chi connectivity index (χ1n) is 8.50. The van der Waals surface area contributed by atoms with E-state index >= 15 is 0 Å². The third kappa shape index (κ3) is 5.92. The van der Waals surface area contributed by atoms with E-state index in [2.05, 4.69) is 23.5 Å². The molecule has 0 aliphatic rings. The Morgan fingerprint density at radius 2 is 1.58 bits per heavy atom. The van der Waals surface area contributed by atoms with E-state index in [1.807, 2.05) is 54.6 Å². The molecule has 1 atom stereocenters. The van der Waals surface area contributed by atoms with Crippen LogP contribution >= 0.6 is 12.4 Å². The Hall–Kier alpha value is -2.27. The number of hydrogen-bond acceptors (Lipinski definition) is 4. The molecule has 0 saturated heterocycles. The third-order valence-electron chi connectivity index (χ3n) is 3.85. The van der Waals surface area contributed by atoms with E-state index in [9.17, 15) is 5.11 Å². The van der Waals surface area contributed by atoms with Gasteiger partial charge in [0.1, 0.15) is 30.8 Å². The van der Waals surface area contributed by atoms with Crippen molar-refractivity contribution in [2.45, 2.75) is 6.10 Å². The zero-order valence-corrected chi connectivity index (χ0v) is 15.3. The molecule has 3 aromatic rings. The van der Waals surface area contributed by atoms with Crippen LogP contribution in [0.2, 0.25) is 0 Å². The minimum Gasteiger partial charge on any atom is -0.492 e. The maximum Gasteiger partial charge on any atom is 0.127 e. The van der Waals surface area contributed by atoms with Gasteiger partial charge in [-0.15, -0.1) is 12.4 Å². The minimum absolute atomic E-state index is 0. The summed E-state index contributed by atoms with van der Waals surface area (Å²) in [5.41, 5.74) is 0. The molecule has 26 heavy (non-hydrogen) atoms. The number of rotatable bonds is 9. The number of halogens is 1. The Bertz CT molecular complexity index is 777. The topological polar surface area (TPSA) is 50.7 Å². The van der Waals surface area contributed by atoms with E-state index in [4.69, 9.17) is 9.47 Å². The van der Waals surface area contributed by atoms with Gasteiger partial charge in [-0.25, -0.2) is 0 Å². The Morgan fingerprint density at radius 3 is 2.42 bits per heavy atom. The van der Waals surface area contributed by atoms with E-state index in [-0.39, 0.29) is 19.0 Å². The first-order valence-corrected chi connectivity index (χ1v) is 8.50. The Labute approximate surface area is 160 Å². The summed E-state index contributed by atoms with van der Waals surface area (Å²) in [6.45, 7) is 1.93. The van der Waals surface area contributed by atoms with Crippen LogP contribution in [0.15, 0.2) is 72.8 Å². The molecule has 0 amide bonds. The Kier molecular flexibility index (Phi) is 8.22. The number of aliphatic hydroxyl groups excluding tert-OH is 1. The number of fused-ring (bicyclic) bond motifs is 1. The lowest BCUT2D eigenvalue weighted by Crippen LogP contribution is -2.33. The lowest BCUT2D eigenvalue weighted by atomic mass is 10.1. The van der Waals surface area contributed by atoms with Gasteiger partial charge in [0.15, 0.2) is 0 Å². The lowest BCUT2D eigenvalue weighted by molar-refractivity contribution is 0.105. The zero-order valence-electron chi connectivity index (χ0n) is 14.5. The van der Waals surface area contributed by atoms with Gasteiger partial charge in [-0.05, 0) is 23.6 Å². The van der Waals surface area contributed by atoms with E-state index in [0.717, 1.165) is 16.9 Å². The van der Waals surface area contributed by atoms with Crippen LogP contribution in [0, 0.1) is 0 Å². The smallest absolute Gasteiger partial charge is 0.127 e. The Balaban J connectivity index is 0.00000243. The molecule has 0 saturated carbocycles. The van der Waals surface area contributed by atoms with Gasteiger partial charge in [-0.1, -0.05) is 54.6 Å². The molecule has 5 heteroatoms. The van der Waals surface area contributed by atoms with Crippen molar-refractivity contribution in [3.05, 3.63) is 72.8 Å². The van der Waals surface area contributed by atoms with Crippen molar-refractivity contribution in [2.24, 2.45) is 0 Å². The van der Waals surface area contributed by atoms with E-state index in [1.165, 1.54) is 5.39 Å². The largest absolute Gasteiger partial charge is 0.492 e. The normalized spacial score (nSPS) is 11.6. The van der Waals surface area contributed by atoms with Crippen LogP contribution in [0.4, 0.5) is 0 Å². The number of nitrogens with one attached hydrogen (secondary N) is 1. The first-order chi connectivity index (χ1) is 12.3. The second kappa shape index (κ2) is 10.7. The van der Waals surface area contributed by atoms with E-state index in [1.54, 1.807) is 0 Å². The summed E-state index contributed by atoms with van der Waals surface area (Å²) in [5.74, 6) is 1.65. The minimum atomic E-state index is -0.558. The highest BCUT2D eigenvalue weighted by atomic mass is 35.5. The molecule has 0 aromatic heterocycles. The highest BCUT2D eigenvalue weighted by molar-refractivity contribution is 5.88. The lowest BCUT2D eigenvalue weighted by Gasteiger charge is -2.14. The van der Waals surface area contributed by atoms with Crippen molar-refractivity contribution in [1.29, 1.82) is 0 Å². The standard InChI is InChI=1S/C21H23NO3.ClH/c23-18(16-25-19-9-2-1-3-10-19)15-22-13-14-24-21-12-6-8-17-7-4-5-11-20(17)21;/h1-12,18,22-23H,13-16H2;1H. The zero-order chi connectivity index (χ0) is 17.3. The van der Waals surface area contributed by atoms with Crippen molar-refractivity contribution < 1.29 is 14.6 Å². The maximum absolute atomic E-state index is 9.94. The van der Waals surface area contributed by atoms with Crippen molar-refractivity contribution >= 4 is 23.2 Å². The van der Waals surface area contributed by atoms with Gasteiger partial charge in [0.05, 0.1) is 0 Å². The molecule has 2 N–H and O–H groups in total. The van der Waals surface area contributed by atoms with E-state index in [0.29, 0.717) is 19.7 Å². The molecule has 3 rings (SSSR count). The van der Waals surface area contributed by atoms with Crippen LogP contribution in [-0.4, -0.2) is 37.5 Å². The molecule has 4 nitrogen and oxygen atoms in total. The molecule has 3 aromatic carbocycles. The summed E-state index contributed by atoms with van der Waals surface area (Å²) in [7, 11) is 0. The van der Waals surface area contributed by atoms with Crippen LogP contribution in [-0.2, 0) is 0 Å². The predicted octanol–water partition coefficient (Wildman–Crippen LogP) is 3.67. The third-order valence-corrected chi connectivity index (χ3v) is 3.85. The number of aliphatic hydroxyl groups is 1. The molecular formula is C21H24ClNO3. The average molecular weight is 374 g/mol. The molecule has 0 aliphatic carbocycles. The fourth-order valence-electron chi connectivity index (χ4n) is 2.59. The van der Waals surface area contributed by atoms with Crippen LogP contribution < -0.4 is 14.8 Å². The number of ether oxygens (including phenoxy) is 2.